The van der Waals surface area contributed by atoms with E-state index in [0.717, 1.165) is 4.90 Å². The van der Waals surface area contributed by atoms with Crippen LogP contribution in [0.5, 0.6) is 0 Å². The third kappa shape index (κ3) is 1.65. The first-order valence-electron chi connectivity index (χ1n) is 4.41. The summed E-state index contributed by atoms with van der Waals surface area (Å²) in [4.78, 5) is 27.8. The summed E-state index contributed by atoms with van der Waals surface area (Å²) in [6, 6.07) is 0. The highest BCUT2D eigenvalue weighted by Crippen LogP contribution is 2.14. The van der Waals surface area contributed by atoms with Crippen LogP contribution in [0.4, 0.5) is 0 Å². The van der Waals surface area contributed by atoms with Gasteiger partial charge in [0, 0.05) is 11.6 Å². The minimum Gasteiger partial charge on any atom is -0.337 e. The fourth-order valence-electron chi connectivity index (χ4n) is 1.33. The quantitative estimate of drug-likeness (QED) is 0.647. The van der Waals surface area contributed by atoms with Crippen LogP contribution < -0.4 is 0 Å². The van der Waals surface area contributed by atoms with Gasteiger partial charge in [-0.3, -0.25) is 14.5 Å². The molecule has 0 saturated carbocycles. The molecule has 0 radical (unpaired) electrons. The smallest absolute Gasteiger partial charge is 0.257 e. The number of aromatic nitrogens is 2. The number of carbonyl (C=O) groups is 2. The Morgan fingerprint density at radius 3 is 2.60 bits per heavy atom. The van der Waals surface area contributed by atoms with Crippen molar-refractivity contribution < 1.29 is 14.1 Å². The normalized spacial score (nSPS) is 16.1. The van der Waals surface area contributed by atoms with Crippen molar-refractivity contribution >= 4 is 11.8 Å². The van der Waals surface area contributed by atoms with Crippen molar-refractivity contribution in [3.8, 4) is 0 Å². The summed E-state index contributed by atoms with van der Waals surface area (Å²) in [6.07, 6.45) is 1.30. The summed E-state index contributed by atoms with van der Waals surface area (Å²) < 4.78 is 4.83. The van der Waals surface area contributed by atoms with Gasteiger partial charge in [0.2, 0.25) is 5.89 Å². The Morgan fingerprint density at radius 2 is 2.13 bits per heavy atom. The molecule has 78 valence electrons. The molecule has 2 amide bonds. The zero-order chi connectivity index (χ0) is 11.0. The molecule has 1 aromatic heterocycles. The third-order valence-electron chi connectivity index (χ3n) is 2.05. The van der Waals surface area contributed by atoms with Gasteiger partial charge in [0.15, 0.2) is 5.82 Å². The van der Waals surface area contributed by atoms with Crippen LogP contribution in [0.25, 0.3) is 0 Å². The summed E-state index contributed by atoms with van der Waals surface area (Å²) >= 11 is 0. The molecule has 0 bridgehead atoms. The van der Waals surface area contributed by atoms with Crippen LogP contribution in [0, 0.1) is 6.92 Å². The number of aryl methyl sites for hydroxylation is 1. The fourth-order valence-corrected chi connectivity index (χ4v) is 1.33. The number of imide groups is 1. The molecule has 1 aliphatic heterocycles. The van der Waals surface area contributed by atoms with Crippen molar-refractivity contribution in [3.63, 3.8) is 0 Å². The largest absolute Gasteiger partial charge is 0.337 e. The summed E-state index contributed by atoms with van der Waals surface area (Å²) in [5.41, 5.74) is 0.427. The molecule has 1 aromatic rings. The average molecular weight is 207 g/mol. The van der Waals surface area contributed by atoms with E-state index in [1.165, 1.54) is 6.08 Å². The second-order valence-electron chi connectivity index (χ2n) is 3.29. The van der Waals surface area contributed by atoms with E-state index in [9.17, 15) is 9.59 Å². The van der Waals surface area contributed by atoms with Gasteiger partial charge < -0.3 is 4.52 Å². The van der Waals surface area contributed by atoms with Gasteiger partial charge in [-0.1, -0.05) is 5.16 Å². The number of hydrogen-bond acceptors (Lipinski definition) is 5. The lowest BCUT2D eigenvalue weighted by atomic mass is 10.3. The SMILES string of the molecule is CC1=CC(=O)N(Cc2nc(C)no2)C1=O. The van der Waals surface area contributed by atoms with E-state index in [1.807, 2.05) is 0 Å². The topological polar surface area (TPSA) is 76.3 Å². The van der Waals surface area contributed by atoms with E-state index >= 15 is 0 Å². The zero-order valence-electron chi connectivity index (χ0n) is 8.35. The van der Waals surface area contributed by atoms with Crippen molar-refractivity contribution in [2.75, 3.05) is 0 Å². The fraction of sp³-hybridized carbons (Fsp3) is 0.333. The highest BCUT2D eigenvalue weighted by molar-refractivity contribution is 6.15. The van der Waals surface area contributed by atoms with Crippen molar-refractivity contribution in [3.05, 3.63) is 23.4 Å². The van der Waals surface area contributed by atoms with Gasteiger partial charge in [-0.25, -0.2) is 0 Å². The van der Waals surface area contributed by atoms with E-state index in [-0.39, 0.29) is 24.2 Å². The van der Waals surface area contributed by atoms with Crippen molar-refractivity contribution in [2.45, 2.75) is 20.4 Å². The Hall–Kier alpha value is -1.98. The van der Waals surface area contributed by atoms with Gasteiger partial charge >= 0.3 is 0 Å². The molecule has 1 aliphatic rings. The Balaban J connectivity index is 2.15. The maximum Gasteiger partial charge on any atom is 0.257 e. The molecule has 0 unspecified atom stereocenters. The van der Waals surface area contributed by atoms with E-state index < -0.39 is 0 Å². The van der Waals surface area contributed by atoms with Crippen LogP contribution in [0.3, 0.4) is 0 Å². The van der Waals surface area contributed by atoms with Crippen LogP contribution in [-0.2, 0) is 16.1 Å². The Kier molecular flexibility index (Phi) is 2.11. The molecule has 0 fully saturated rings. The van der Waals surface area contributed by atoms with Crippen LogP contribution in [0.2, 0.25) is 0 Å². The summed E-state index contributed by atoms with van der Waals surface area (Å²) in [5.74, 6) is 0.0929. The molecule has 0 spiro atoms. The number of rotatable bonds is 2. The van der Waals surface area contributed by atoms with Gasteiger partial charge in [0.25, 0.3) is 11.8 Å². The molecule has 0 aromatic carbocycles. The molecule has 0 atom stereocenters. The summed E-state index contributed by atoms with van der Waals surface area (Å²) in [7, 11) is 0. The molecular weight excluding hydrogens is 198 g/mol. The Labute approximate surface area is 85.6 Å². The molecule has 6 nitrogen and oxygen atoms in total. The minimum atomic E-state index is -0.339. The number of hydrogen-bond donors (Lipinski definition) is 0. The average Bonchev–Trinajstić information content (AvgIpc) is 2.67. The van der Waals surface area contributed by atoms with Crippen LogP contribution in [-0.4, -0.2) is 26.9 Å². The van der Waals surface area contributed by atoms with E-state index in [1.54, 1.807) is 13.8 Å². The van der Waals surface area contributed by atoms with Crippen LogP contribution >= 0.6 is 0 Å². The molecule has 0 saturated heterocycles. The van der Waals surface area contributed by atoms with E-state index in [2.05, 4.69) is 10.1 Å². The molecule has 6 heteroatoms. The zero-order valence-corrected chi connectivity index (χ0v) is 8.35. The highest BCUT2D eigenvalue weighted by Gasteiger charge is 2.29. The lowest BCUT2D eigenvalue weighted by Crippen LogP contribution is -2.30. The van der Waals surface area contributed by atoms with Gasteiger partial charge in [-0.15, -0.1) is 0 Å². The predicted molar refractivity (Wildman–Crippen MR) is 48.3 cm³/mol. The second kappa shape index (κ2) is 3.30. The molecule has 0 N–H and O–H groups in total. The maximum atomic E-state index is 11.5. The Bertz CT molecular complexity index is 461. The van der Waals surface area contributed by atoms with Crippen LogP contribution in [0.15, 0.2) is 16.2 Å². The lowest BCUT2D eigenvalue weighted by Gasteiger charge is -2.10. The summed E-state index contributed by atoms with van der Waals surface area (Å²) in [6.45, 7) is 3.30. The minimum absolute atomic E-state index is 0.0341. The van der Waals surface area contributed by atoms with Gasteiger partial charge in [0.05, 0.1) is 0 Å². The van der Waals surface area contributed by atoms with Gasteiger partial charge in [-0.05, 0) is 13.8 Å². The standard InChI is InChI=1S/C9H9N3O3/c1-5-3-8(13)12(9(5)14)4-7-10-6(2)11-15-7/h3H,4H2,1-2H3. The van der Waals surface area contributed by atoms with Crippen LogP contribution in [0.1, 0.15) is 18.6 Å². The van der Waals surface area contributed by atoms with Crippen molar-refractivity contribution in [1.82, 2.24) is 15.0 Å². The lowest BCUT2D eigenvalue weighted by molar-refractivity contribution is -0.138. The number of nitrogens with zero attached hydrogens (tertiary/aromatic N) is 3. The van der Waals surface area contributed by atoms with Crippen molar-refractivity contribution in [2.24, 2.45) is 0 Å². The van der Waals surface area contributed by atoms with Crippen molar-refractivity contribution in [1.29, 1.82) is 0 Å². The van der Waals surface area contributed by atoms with E-state index in [0.29, 0.717) is 11.4 Å². The number of carbonyl (C=O) groups excluding carboxylic acids is 2. The first-order valence-corrected chi connectivity index (χ1v) is 4.41. The monoisotopic (exact) mass is 207 g/mol. The molecular formula is C9H9N3O3. The Morgan fingerprint density at radius 1 is 1.40 bits per heavy atom. The van der Waals surface area contributed by atoms with Gasteiger partial charge in [-0.2, -0.15) is 4.98 Å². The predicted octanol–water partition coefficient (Wildman–Crippen LogP) is 0.193. The van der Waals surface area contributed by atoms with E-state index in [4.69, 9.17) is 4.52 Å². The highest BCUT2D eigenvalue weighted by atomic mass is 16.5. The second-order valence-corrected chi connectivity index (χ2v) is 3.29. The summed E-state index contributed by atoms with van der Waals surface area (Å²) in [5, 5.41) is 3.58. The first-order chi connectivity index (χ1) is 7.08. The molecule has 0 aliphatic carbocycles. The third-order valence-corrected chi connectivity index (χ3v) is 2.05. The number of amides is 2. The molecule has 15 heavy (non-hydrogen) atoms. The maximum absolute atomic E-state index is 11.5. The van der Waals surface area contributed by atoms with Gasteiger partial charge in [0.1, 0.15) is 6.54 Å². The molecule has 2 heterocycles. The molecule has 2 rings (SSSR count). The first kappa shape index (κ1) is 9.57.